The Hall–Kier alpha value is -2.43. The molecule has 1 heterocycles. The normalized spacial score (nSPS) is 16.3. The lowest BCUT2D eigenvalue weighted by Gasteiger charge is -2.16. The zero-order valence-corrected chi connectivity index (χ0v) is 11.4. The van der Waals surface area contributed by atoms with Crippen LogP contribution in [0.5, 0.6) is 0 Å². The van der Waals surface area contributed by atoms with Crippen molar-refractivity contribution in [1.82, 2.24) is 4.90 Å². The topological polar surface area (TPSA) is 84.4 Å². The van der Waals surface area contributed by atoms with Gasteiger partial charge in [-0.05, 0) is 42.7 Å². The molecule has 0 aromatic heterocycles. The van der Waals surface area contributed by atoms with Crippen LogP contribution in [0.2, 0.25) is 0 Å². The average molecular weight is 272 g/mol. The van der Waals surface area contributed by atoms with Gasteiger partial charge in [0.2, 0.25) is 6.41 Å². The van der Waals surface area contributed by atoms with E-state index in [0.717, 1.165) is 24.5 Å². The van der Waals surface area contributed by atoms with E-state index < -0.39 is 0 Å². The monoisotopic (exact) mass is 272 g/mol. The summed E-state index contributed by atoms with van der Waals surface area (Å²) in [5.74, 6) is 0.743. The molecule has 0 bridgehead atoms. The first-order valence-corrected chi connectivity index (χ1v) is 6.69. The number of allylic oxidation sites excluding steroid dienone is 2. The Kier molecular flexibility index (Phi) is 4.65. The Morgan fingerprint density at radius 3 is 2.65 bits per heavy atom. The summed E-state index contributed by atoms with van der Waals surface area (Å²) in [6, 6.07) is 7.36. The molecule has 20 heavy (non-hydrogen) atoms. The number of anilines is 1. The minimum absolute atomic E-state index is 0.613. The lowest BCUT2D eigenvalue weighted by atomic mass is 10.1. The number of hydrogen-bond donors (Lipinski definition) is 3. The number of hydrogen-bond acceptors (Lipinski definition) is 4. The number of carbonyl (C=O) groups is 1. The molecular formula is C15H20N4O. The van der Waals surface area contributed by atoms with Crippen LogP contribution in [-0.4, -0.2) is 24.4 Å². The van der Waals surface area contributed by atoms with Crippen molar-refractivity contribution in [1.29, 1.82) is 0 Å². The minimum Gasteiger partial charge on any atom is -0.398 e. The first kappa shape index (κ1) is 14.0. The van der Waals surface area contributed by atoms with Gasteiger partial charge < -0.3 is 21.7 Å². The lowest BCUT2D eigenvalue weighted by molar-refractivity contribution is -0.105. The van der Waals surface area contributed by atoms with E-state index >= 15 is 0 Å². The van der Waals surface area contributed by atoms with Crippen LogP contribution in [0.1, 0.15) is 18.4 Å². The quantitative estimate of drug-likeness (QED) is 0.559. The summed E-state index contributed by atoms with van der Waals surface area (Å²) >= 11 is 0. The van der Waals surface area contributed by atoms with Gasteiger partial charge in [-0.1, -0.05) is 12.1 Å². The molecule has 0 spiro atoms. The maximum absolute atomic E-state index is 10.4. The molecule has 2 rings (SSSR count). The second-order valence-corrected chi connectivity index (χ2v) is 4.75. The van der Waals surface area contributed by atoms with Crippen LogP contribution in [0, 0.1) is 0 Å². The highest BCUT2D eigenvalue weighted by molar-refractivity contribution is 5.75. The Balaban J connectivity index is 2.11. The average Bonchev–Trinajstić information content (AvgIpc) is 2.99. The summed E-state index contributed by atoms with van der Waals surface area (Å²) in [7, 11) is 0. The predicted octanol–water partition coefficient (Wildman–Crippen LogP) is 1.45. The van der Waals surface area contributed by atoms with E-state index in [-0.39, 0.29) is 0 Å². The third-order valence-corrected chi connectivity index (χ3v) is 3.33. The summed E-state index contributed by atoms with van der Waals surface area (Å²) in [6.07, 6.45) is 6.65. The molecule has 0 unspecified atom stereocenters. The molecule has 1 aromatic rings. The third-order valence-electron chi connectivity index (χ3n) is 3.33. The number of nitrogens with zero attached hydrogens (tertiary/aromatic N) is 1. The molecule has 0 radical (unpaired) electrons. The van der Waals surface area contributed by atoms with Crippen molar-refractivity contribution in [2.75, 3.05) is 18.4 Å². The van der Waals surface area contributed by atoms with Gasteiger partial charge in [0.1, 0.15) is 0 Å². The van der Waals surface area contributed by atoms with E-state index in [9.17, 15) is 4.79 Å². The van der Waals surface area contributed by atoms with Crippen LogP contribution < -0.4 is 16.8 Å². The smallest absolute Gasteiger partial charge is 0.211 e. The van der Waals surface area contributed by atoms with Crippen molar-refractivity contribution >= 4 is 17.8 Å². The van der Waals surface area contributed by atoms with E-state index in [0.29, 0.717) is 17.8 Å². The number of carbonyl (C=O) groups excluding carboxylic acids is 1. The van der Waals surface area contributed by atoms with Gasteiger partial charge in [-0.15, -0.1) is 0 Å². The third kappa shape index (κ3) is 3.54. The number of nitrogens with two attached hydrogens (primary N) is 2. The molecule has 1 saturated heterocycles. The fourth-order valence-corrected chi connectivity index (χ4v) is 2.21. The first-order valence-electron chi connectivity index (χ1n) is 6.69. The summed E-state index contributed by atoms with van der Waals surface area (Å²) in [5.41, 5.74) is 14.2. The molecule has 5 nitrogen and oxygen atoms in total. The van der Waals surface area contributed by atoms with E-state index in [1.54, 1.807) is 12.1 Å². The molecule has 0 saturated carbocycles. The van der Waals surface area contributed by atoms with Gasteiger partial charge in [0, 0.05) is 24.5 Å². The predicted molar refractivity (Wildman–Crippen MR) is 81.4 cm³/mol. The second kappa shape index (κ2) is 6.65. The molecule has 5 heteroatoms. The molecule has 106 valence electrons. The summed E-state index contributed by atoms with van der Waals surface area (Å²) in [4.78, 5) is 12.6. The number of amides is 1. The van der Waals surface area contributed by atoms with Gasteiger partial charge >= 0.3 is 0 Å². The Morgan fingerprint density at radius 2 is 1.95 bits per heavy atom. The lowest BCUT2D eigenvalue weighted by Crippen LogP contribution is -2.24. The summed E-state index contributed by atoms with van der Waals surface area (Å²) in [5, 5.41) is 2.60. The van der Waals surface area contributed by atoms with Crippen LogP contribution in [0.25, 0.3) is 5.70 Å². The van der Waals surface area contributed by atoms with Crippen molar-refractivity contribution < 1.29 is 4.79 Å². The second-order valence-electron chi connectivity index (χ2n) is 4.75. The Bertz CT molecular complexity index is 530. The van der Waals surface area contributed by atoms with Gasteiger partial charge in [-0.3, -0.25) is 4.79 Å². The highest BCUT2D eigenvalue weighted by atomic mass is 16.1. The highest BCUT2D eigenvalue weighted by Crippen LogP contribution is 2.16. The molecule has 1 aliphatic rings. The number of benzene rings is 1. The van der Waals surface area contributed by atoms with E-state index in [4.69, 9.17) is 11.5 Å². The van der Waals surface area contributed by atoms with Gasteiger partial charge in [0.25, 0.3) is 0 Å². The molecule has 5 N–H and O–H groups in total. The summed E-state index contributed by atoms with van der Waals surface area (Å²) in [6.45, 7) is 2.02. The van der Waals surface area contributed by atoms with Crippen molar-refractivity contribution in [3.63, 3.8) is 0 Å². The van der Waals surface area contributed by atoms with Crippen molar-refractivity contribution in [3.8, 4) is 0 Å². The standard InChI is InChI=1S/C15H20N4O/c16-14(6-7-15(17)19-8-1-2-9-19)12-4-3-5-13(10-12)18-11-20/h3-7,10-11H,1-2,8-9,16-17H2,(H,18,20)/b14-6-,15-7+. The Labute approximate surface area is 118 Å². The maximum atomic E-state index is 10.4. The van der Waals surface area contributed by atoms with E-state index in [1.807, 2.05) is 24.3 Å². The fourth-order valence-electron chi connectivity index (χ4n) is 2.21. The highest BCUT2D eigenvalue weighted by Gasteiger charge is 2.11. The molecule has 1 amide bonds. The molecule has 0 aliphatic carbocycles. The maximum Gasteiger partial charge on any atom is 0.211 e. The minimum atomic E-state index is 0.613. The Morgan fingerprint density at radius 1 is 1.20 bits per heavy atom. The van der Waals surface area contributed by atoms with Crippen molar-refractivity contribution in [3.05, 3.63) is 47.8 Å². The molecule has 0 atom stereocenters. The van der Waals surface area contributed by atoms with Crippen molar-refractivity contribution in [2.45, 2.75) is 12.8 Å². The largest absolute Gasteiger partial charge is 0.398 e. The first-order chi connectivity index (χ1) is 9.70. The molecule has 1 fully saturated rings. The van der Waals surface area contributed by atoms with Crippen LogP contribution in [0.15, 0.2) is 42.2 Å². The number of rotatable bonds is 5. The van der Waals surface area contributed by atoms with E-state index in [2.05, 4.69) is 10.2 Å². The zero-order valence-electron chi connectivity index (χ0n) is 11.4. The van der Waals surface area contributed by atoms with E-state index in [1.165, 1.54) is 12.8 Å². The molecule has 1 aliphatic heterocycles. The van der Waals surface area contributed by atoms with Crippen LogP contribution in [0.4, 0.5) is 5.69 Å². The fraction of sp³-hybridized carbons (Fsp3) is 0.267. The van der Waals surface area contributed by atoms with Crippen LogP contribution >= 0.6 is 0 Å². The van der Waals surface area contributed by atoms with Crippen molar-refractivity contribution in [2.24, 2.45) is 11.5 Å². The zero-order chi connectivity index (χ0) is 14.4. The summed E-state index contributed by atoms with van der Waals surface area (Å²) < 4.78 is 0. The number of likely N-dealkylation sites (tertiary alicyclic amines) is 1. The van der Waals surface area contributed by atoms with Crippen LogP contribution in [-0.2, 0) is 4.79 Å². The van der Waals surface area contributed by atoms with Gasteiger partial charge in [0.05, 0.1) is 5.82 Å². The van der Waals surface area contributed by atoms with Gasteiger partial charge in [-0.2, -0.15) is 0 Å². The molecule has 1 aromatic carbocycles. The van der Waals surface area contributed by atoms with Crippen LogP contribution in [0.3, 0.4) is 0 Å². The van der Waals surface area contributed by atoms with Gasteiger partial charge in [0.15, 0.2) is 0 Å². The molecular weight excluding hydrogens is 252 g/mol. The number of nitrogens with one attached hydrogen (secondary N) is 1. The SMILES string of the molecule is N/C(=C\C=C(/N)N1CCCC1)c1cccc(NC=O)c1. The van der Waals surface area contributed by atoms with Gasteiger partial charge in [-0.25, -0.2) is 0 Å².